The molecule has 3 heterocycles. The normalized spacial score (nSPS) is 40.4. The van der Waals surface area contributed by atoms with Crippen LogP contribution in [0.15, 0.2) is 11.3 Å². The van der Waals surface area contributed by atoms with Crippen molar-refractivity contribution in [3.8, 4) is 0 Å². The van der Waals surface area contributed by atoms with E-state index in [1.807, 2.05) is 0 Å². The molecule has 3 bridgehead atoms. The van der Waals surface area contributed by atoms with E-state index >= 15 is 0 Å². The Morgan fingerprint density at radius 1 is 1.43 bits per heavy atom. The summed E-state index contributed by atoms with van der Waals surface area (Å²) in [4.78, 5) is 11.6. The summed E-state index contributed by atoms with van der Waals surface area (Å²) in [5.74, 6) is 0.776. The molecule has 0 aromatic heterocycles. The molecule has 0 radical (unpaired) electrons. The van der Waals surface area contributed by atoms with Gasteiger partial charge in [0.05, 0.1) is 5.57 Å². The lowest BCUT2D eigenvalue weighted by Crippen LogP contribution is -2.33. The summed E-state index contributed by atoms with van der Waals surface area (Å²) < 4.78 is 11.3. The number of fused-ring (bicyclic) bond motifs is 2. The molecular weight excluding hydrogens is 180 g/mol. The Morgan fingerprint density at radius 3 is 3.14 bits per heavy atom. The molecule has 3 heteroatoms. The first-order valence-electron chi connectivity index (χ1n) is 5.28. The van der Waals surface area contributed by atoms with Gasteiger partial charge in [-0.3, -0.25) is 0 Å². The third-order valence-corrected chi connectivity index (χ3v) is 3.54. The Kier molecular flexibility index (Phi) is 1.50. The van der Waals surface area contributed by atoms with Gasteiger partial charge in [0, 0.05) is 6.42 Å². The van der Waals surface area contributed by atoms with Gasteiger partial charge in [0.25, 0.3) is 0 Å². The van der Waals surface area contributed by atoms with Crippen molar-refractivity contribution < 1.29 is 14.3 Å². The molecule has 2 atom stereocenters. The summed E-state index contributed by atoms with van der Waals surface area (Å²) in [6.07, 6.45) is 4.60. The zero-order chi connectivity index (χ0) is 9.76. The minimum Gasteiger partial charge on any atom is -0.491 e. The van der Waals surface area contributed by atoms with E-state index in [0.717, 1.165) is 43.4 Å². The number of hydrogen-bond donors (Lipinski definition) is 0. The van der Waals surface area contributed by atoms with E-state index in [4.69, 9.17) is 9.47 Å². The lowest BCUT2D eigenvalue weighted by atomic mass is 9.90. The average Bonchev–Trinajstić information content (AvgIpc) is 2.18. The molecule has 0 aromatic rings. The number of rotatable bonds is 0. The zero-order valence-electron chi connectivity index (χ0n) is 8.34. The van der Waals surface area contributed by atoms with Crippen molar-refractivity contribution in [2.45, 2.75) is 50.7 Å². The Labute approximate surface area is 83.1 Å². The fraction of sp³-hybridized carbons (Fsp3) is 0.727. The van der Waals surface area contributed by atoms with Crippen molar-refractivity contribution in [2.24, 2.45) is 0 Å². The second kappa shape index (κ2) is 2.53. The Morgan fingerprint density at radius 2 is 2.29 bits per heavy atom. The highest BCUT2D eigenvalue weighted by Crippen LogP contribution is 2.43. The second-order valence-corrected chi connectivity index (χ2v) is 4.72. The van der Waals surface area contributed by atoms with Gasteiger partial charge in [0.1, 0.15) is 17.5 Å². The molecule has 0 N–H and O–H groups in total. The minimum absolute atomic E-state index is 0.0401. The molecule has 14 heavy (non-hydrogen) atoms. The maximum absolute atomic E-state index is 11.6. The average molecular weight is 194 g/mol. The van der Waals surface area contributed by atoms with Crippen molar-refractivity contribution in [1.82, 2.24) is 0 Å². The van der Waals surface area contributed by atoms with Crippen molar-refractivity contribution in [3.63, 3.8) is 0 Å². The van der Waals surface area contributed by atoms with Crippen LogP contribution in [0.2, 0.25) is 0 Å². The van der Waals surface area contributed by atoms with Gasteiger partial charge in [0.2, 0.25) is 0 Å². The third kappa shape index (κ3) is 1.08. The van der Waals surface area contributed by atoms with Crippen LogP contribution in [0.1, 0.15) is 39.0 Å². The lowest BCUT2D eigenvalue weighted by molar-refractivity contribution is -0.147. The molecule has 0 spiro atoms. The highest BCUT2D eigenvalue weighted by atomic mass is 16.6. The molecule has 1 fully saturated rings. The van der Waals surface area contributed by atoms with E-state index in [1.165, 1.54) is 0 Å². The van der Waals surface area contributed by atoms with E-state index in [1.54, 1.807) is 0 Å². The van der Waals surface area contributed by atoms with E-state index in [-0.39, 0.29) is 17.7 Å². The number of ether oxygens (including phenoxy) is 2. The van der Waals surface area contributed by atoms with Crippen LogP contribution in [0.3, 0.4) is 0 Å². The summed E-state index contributed by atoms with van der Waals surface area (Å²) in [6.45, 7) is 2.14. The smallest absolute Gasteiger partial charge is 0.337 e. The summed E-state index contributed by atoms with van der Waals surface area (Å²) in [7, 11) is 0. The van der Waals surface area contributed by atoms with Gasteiger partial charge in [-0.25, -0.2) is 4.79 Å². The van der Waals surface area contributed by atoms with Crippen molar-refractivity contribution in [2.75, 3.05) is 0 Å². The zero-order valence-corrected chi connectivity index (χ0v) is 8.34. The molecule has 3 rings (SSSR count). The standard InChI is InChI=1S/C11H14O3/c1-11-4-2-7-6-9(14-11)8(3-5-11)10(12)13-7/h7H,2-6H2,1H3/t7-,11-/m0/s1. The van der Waals surface area contributed by atoms with Gasteiger partial charge >= 0.3 is 5.97 Å². The molecule has 3 aliphatic rings. The Bertz CT molecular complexity index is 331. The van der Waals surface area contributed by atoms with Crippen LogP contribution in [0, 0.1) is 0 Å². The van der Waals surface area contributed by atoms with Gasteiger partial charge in [-0.1, -0.05) is 0 Å². The fourth-order valence-corrected chi connectivity index (χ4v) is 2.59. The van der Waals surface area contributed by atoms with Gasteiger partial charge in [-0.05, 0) is 32.6 Å². The van der Waals surface area contributed by atoms with Crippen LogP contribution in [-0.2, 0) is 14.3 Å². The van der Waals surface area contributed by atoms with Crippen LogP contribution in [0.5, 0.6) is 0 Å². The maximum atomic E-state index is 11.6. The molecule has 3 aliphatic heterocycles. The molecule has 0 aliphatic carbocycles. The molecule has 76 valence electrons. The predicted octanol–water partition coefficient (Wildman–Crippen LogP) is 1.92. The largest absolute Gasteiger partial charge is 0.491 e. The highest BCUT2D eigenvalue weighted by Gasteiger charge is 2.43. The summed E-state index contributed by atoms with van der Waals surface area (Å²) in [5.41, 5.74) is 0.752. The second-order valence-electron chi connectivity index (χ2n) is 4.72. The first-order valence-corrected chi connectivity index (χ1v) is 5.28. The number of hydrogen-bond acceptors (Lipinski definition) is 3. The van der Waals surface area contributed by atoms with Crippen LogP contribution in [0.25, 0.3) is 0 Å². The van der Waals surface area contributed by atoms with E-state index < -0.39 is 0 Å². The topological polar surface area (TPSA) is 35.5 Å². The lowest BCUT2D eigenvalue weighted by Gasteiger charge is -2.35. The van der Waals surface area contributed by atoms with Crippen molar-refractivity contribution in [3.05, 3.63) is 11.3 Å². The molecular formula is C11H14O3. The predicted molar refractivity (Wildman–Crippen MR) is 49.5 cm³/mol. The fourth-order valence-electron chi connectivity index (χ4n) is 2.59. The number of carbonyl (C=O) groups excluding carboxylic acids is 1. The SMILES string of the molecule is C[C@@]12CCC3=C(C[C@H](CC1)OC3=O)O2. The van der Waals surface area contributed by atoms with Gasteiger partial charge in [-0.15, -0.1) is 0 Å². The first-order chi connectivity index (χ1) is 6.66. The molecule has 3 nitrogen and oxygen atoms in total. The quantitative estimate of drug-likeness (QED) is 0.553. The minimum atomic E-state index is -0.139. The molecule has 0 unspecified atom stereocenters. The third-order valence-electron chi connectivity index (χ3n) is 3.54. The first kappa shape index (κ1) is 8.33. The van der Waals surface area contributed by atoms with Crippen LogP contribution < -0.4 is 0 Å². The van der Waals surface area contributed by atoms with Crippen molar-refractivity contribution in [1.29, 1.82) is 0 Å². The highest BCUT2D eigenvalue weighted by molar-refractivity contribution is 5.90. The van der Waals surface area contributed by atoms with Crippen LogP contribution >= 0.6 is 0 Å². The van der Waals surface area contributed by atoms with E-state index in [2.05, 4.69) is 6.92 Å². The Balaban J connectivity index is 2.07. The molecule has 0 saturated carbocycles. The van der Waals surface area contributed by atoms with Gasteiger partial charge in [-0.2, -0.15) is 0 Å². The molecule has 1 saturated heterocycles. The monoisotopic (exact) mass is 194 g/mol. The summed E-state index contributed by atoms with van der Waals surface area (Å²) in [5, 5.41) is 0. The number of esters is 1. The van der Waals surface area contributed by atoms with Gasteiger partial charge < -0.3 is 9.47 Å². The maximum Gasteiger partial charge on any atom is 0.337 e. The summed E-state index contributed by atoms with van der Waals surface area (Å²) in [6, 6.07) is 0. The van der Waals surface area contributed by atoms with Crippen LogP contribution in [0.4, 0.5) is 0 Å². The summed E-state index contributed by atoms with van der Waals surface area (Å²) >= 11 is 0. The Hall–Kier alpha value is -0.990. The van der Waals surface area contributed by atoms with Crippen LogP contribution in [-0.4, -0.2) is 17.7 Å². The number of carbonyl (C=O) groups is 1. The van der Waals surface area contributed by atoms with E-state index in [0.29, 0.717) is 0 Å². The van der Waals surface area contributed by atoms with Gasteiger partial charge in [0.15, 0.2) is 0 Å². The molecule has 0 amide bonds. The molecule has 0 aromatic carbocycles. The van der Waals surface area contributed by atoms with E-state index in [9.17, 15) is 4.79 Å². The van der Waals surface area contributed by atoms with Crippen molar-refractivity contribution >= 4 is 5.97 Å².